The predicted octanol–water partition coefficient (Wildman–Crippen LogP) is 3.60. The van der Waals surface area contributed by atoms with Crippen LogP contribution in [0.5, 0.6) is 0 Å². The molecule has 1 aliphatic heterocycles. The van der Waals surface area contributed by atoms with Gasteiger partial charge in [-0.3, -0.25) is 14.6 Å². The standard InChI is InChI=1S/C35H41N7O2/c36-29-16-15-26-20-28(14-13-27(26)21-29)33(43)40-22-30-17-19-42(34(44)32(41-30)12-7-18-39-35(37)38)23-31(24-8-3-1-4-9-24)25-10-5-2-6-11-25/h1-6,8-11,13-16,20-21,30-32,41H,7,12,17-19,22-23,36H2,(H,40,43)(H4,37,38,39). The van der Waals surface area contributed by atoms with Crippen molar-refractivity contribution in [3.63, 3.8) is 0 Å². The Labute approximate surface area is 258 Å². The fourth-order valence-corrected chi connectivity index (χ4v) is 5.85. The molecular weight excluding hydrogens is 550 g/mol. The summed E-state index contributed by atoms with van der Waals surface area (Å²) in [6.45, 7) is 1.97. The molecule has 0 bridgehead atoms. The Morgan fingerprint density at radius 2 is 1.59 bits per heavy atom. The SMILES string of the molecule is NC(N)=NCCCC1NC(CNC(=O)c2ccc3cc(N)ccc3c2)CCN(CC(c2ccccc2)c2ccccc2)C1=O. The van der Waals surface area contributed by atoms with Gasteiger partial charge in [0.05, 0.1) is 6.04 Å². The van der Waals surface area contributed by atoms with Crippen LogP contribution in [-0.2, 0) is 4.79 Å². The molecule has 4 aromatic carbocycles. The number of anilines is 1. The lowest BCUT2D eigenvalue weighted by Crippen LogP contribution is -2.49. The van der Waals surface area contributed by atoms with Crippen molar-refractivity contribution in [1.82, 2.24) is 15.5 Å². The first-order valence-corrected chi connectivity index (χ1v) is 15.1. The van der Waals surface area contributed by atoms with E-state index >= 15 is 0 Å². The van der Waals surface area contributed by atoms with E-state index in [1.54, 1.807) is 0 Å². The van der Waals surface area contributed by atoms with E-state index in [1.807, 2.05) is 77.7 Å². The number of hydrogen-bond acceptors (Lipinski definition) is 5. The summed E-state index contributed by atoms with van der Waals surface area (Å²) in [5.41, 5.74) is 20.5. The number of fused-ring (bicyclic) bond motifs is 1. The fraction of sp³-hybridized carbons (Fsp3) is 0.286. The van der Waals surface area contributed by atoms with Gasteiger partial charge in [0.25, 0.3) is 5.91 Å². The maximum Gasteiger partial charge on any atom is 0.251 e. The summed E-state index contributed by atoms with van der Waals surface area (Å²) < 4.78 is 0. The zero-order valence-corrected chi connectivity index (χ0v) is 24.9. The van der Waals surface area contributed by atoms with Crippen molar-refractivity contribution in [2.45, 2.75) is 37.3 Å². The number of rotatable bonds is 11. The lowest BCUT2D eigenvalue weighted by Gasteiger charge is -2.29. The molecule has 1 fully saturated rings. The average molecular weight is 592 g/mol. The first-order valence-electron chi connectivity index (χ1n) is 15.1. The molecule has 1 saturated heterocycles. The molecule has 4 aromatic rings. The van der Waals surface area contributed by atoms with Crippen molar-refractivity contribution in [1.29, 1.82) is 0 Å². The molecule has 228 valence electrons. The summed E-state index contributed by atoms with van der Waals surface area (Å²) >= 11 is 0. The number of benzene rings is 4. The molecule has 9 nitrogen and oxygen atoms in total. The molecule has 0 spiro atoms. The molecule has 1 heterocycles. The van der Waals surface area contributed by atoms with E-state index in [2.05, 4.69) is 39.9 Å². The number of nitrogen functional groups attached to an aromatic ring is 1. The second-order valence-electron chi connectivity index (χ2n) is 11.3. The summed E-state index contributed by atoms with van der Waals surface area (Å²) in [6.07, 6.45) is 1.92. The van der Waals surface area contributed by atoms with Crippen molar-refractivity contribution >= 4 is 34.2 Å². The first-order chi connectivity index (χ1) is 21.4. The fourth-order valence-electron chi connectivity index (χ4n) is 5.85. The van der Waals surface area contributed by atoms with Crippen LogP contribution in [0.2, 0.25) is 0 Å². The normalized spacial score (nSPS) is 16.9. The van der Waals surface area contributed by atoms with Crippen molar-refractivity contribution in [2.24, 2.45) is 16.5 Å². The number of hydrogen-bond donors (Lipinski definition) is 5. The van der Waals surface area contributed by atoms with Crippen LogP contribution in [0.4, 0.5) is 5.69 Å². The van der Waals surface area contributed by atoms with E-state index in [1.165, 1.54) is 0 Å². The summed E-state index contributed by atoms with van der Waals surface area (Å²) in [7, 11) is 0. The Kier molecular flexibility index (Phi) is 10.1. The Morgan fingerprint density at radius 1 is 0.932 bits per heavy atom. The van der Waals surface area contributed by atoms with Crippen LogP contribution in [0.15, 0.2) is 102 Å². The first kappa shape index (κ1) is 30.6. The van der Waals surface area contributed by atoms with E-state index in [4.69, 9.17) is 17.2 Å². The number of carbonyl (C=O) groups is 2. The maximum absolute atomic E-state index is 14.0. The number of nitrogens with one attached hydrogen (secondary N) is 2. The highest BCUT2D eigenvalue weighted by Crippen LogP contribution is 2.27. The third kappa shape index (κ3) is 7.93. The van der Waals surface area contributed by atoms with Crippen molar-refractivity contribution in [2.75, 3.05) is 31.9 Å². The quantitative estimate of drug-likeness (QED) is 0.0778. The molecule has 2 amide bonds. The summed E-state index contributed by atoms with van der Waals surface area (Å²) in [5.74, 6) is -0.0362. The smallest absolute Gasteiger partial charge is 0.251 e. The van der Waals surface area contributed by atoms with Gasteiger partial charge in [-0.25, -0.2) is 0 Å². The van der Waals surface area contributed by atoms with Gasteiger partial charge in [0, 0.05) is 49.4 Å². The second-order valence-corrected chi connectivity index (χ2v) is 11.3. The predicted molar refractivity (Wildman–Crippen MR) is 177 cm³/mol. The van der Waals surface area contributed by atoms with Crippen molar-refractivity contribution in [3.05, 3.63) is 114 Å². The van der Waals surface area contributed by atoms with Gasteiger partial charge < -0.3 is 32.7 Å². The summed E-state index contributed by atoms with van der Waals surface area (Å²) in [6, 6.07) is 31.3. The van der Waals surface area contributed by atoms with Crippen LogP contribution in [0.3, 0.4) is 0 Å². The highest BCUT2D eigenvalue weighted by molar-refractivity contribution is 5.99. The van der Waals surface area contributed by atoms with E-state index in [-0.39, 0.29) is 29.7 Å². The minimum atomic E-state index is -0.424. The molecule has 9 heteroatoms. The Bertz CT molecular complexity index is 1550. The third-order valence-corrected chi connectivity index (χ3v) is 8.18. The monoisotopic (exact) mass is 591 g/mol. The van der Waals surface area contributed by atoms with Gasteiger partial charge in [-0.2, -0.15) is 0 Å². The summed E-state index contributed by atoms with van der Waals surface area (Å²) in [5, 5.41) is 8.57. The minimum absolute atomic E-state index is 0.0307. The van der Waals surface area contributed by atoms with E-state index in [9.17, 15) is 9.59 Å². The third-order valence-electron chi connectivity index (χ3n) is 8.18. The van der Waals surface area contributed by atoms with E-state index in [0.29, 0.717) is 56.7 Å². The van der Waals surface area contributed by atoms with Gasteiger partial charge in [-0.15, -0.1) is 0 Å². The molecule has 2 atom stereocenters. The van der Waals surface area contributed by atoms with Crippen LogP contribution in [-0.4, -0.2) is 60.9 Å². The van der Waals surface area contributed by atoms with Crippen LogP contribution >= 0.6 is 0 Å². The molecule has 2 unspecified atom stereocenters. The van der Waals surface area contributed by atoms with Gasteiger partial charge in [-0.1, -0.05) is 72.8 Å². The average Bonchev–Trinajstić information content (AvgIpc) is 3.19. The van der Waals surface area contributed by atoms with Crippen LogP contribution in [0.25, 0.3) is 10.8 Å². The van der Waals surface area contributed by atoms with Crippen LogP contribution in [0.1, 0.15) is 46.7 Å². The maximum atomic E-state index is 14.0. The van der Waals surface area contributed by atoms with Crippen molar-refractivity contribution in [3.8, 4) is 0 Å². The summed E-state index contributed by atoms with van der Waals surface area (Å²) in [4.78, 5) is 33.2. The molecule has 0 aromatic heterocycles. The van der Waals surface area contributed by atoms with Gasteiger partial charge in [0.2, 0.25) is 5.91 Å². The number of guanidine groups is 1. The van der Waals surface area contributed by atoms with Gasteiger partial charge in [-0.05, 0) is 65.4 Å². The van der Waals surface area contributed by atoms with Crippen LogP contribution in [0, 0.1) is 0 Å². The zero-order valence-electron chi connectivity index (χ0n) is 24.9. The Balaban J connectivity index is 1.31. The molecule has 0 aliphatic carbocycles. The molecule has 0 saturated carbocycles. The van der Waals surface area contributed by atoms with Gasteiger partial charge in [0.1, 0.15) is 0 Å². The number of amides is 2. The molecular formula is C35H41N7O2. The Hall–Kier alpha value is -4.89. The lowest BCUT2D eigenvalue weighted by atomic mass is 9.90. The van der Waals surface area contributed by atoms with E-state index in [0.717, 1.165) is 21.9 Å². The number of nitrogens with zero attached hydrogens (tertiary/aromatic N) is 2. The highest BCUT2D eigenvalue weighted by Gasteiger charge is 2.32. The molecule has 8 N–H and O–H groups in total. The zero-order chi connectivity index (χ0) is 30.9. The second kappa shape index (κ2) is 14.5. The topological polar surface area (TPSA) is 152 Å². The highest BCUT2D eigenvalue weighted by atomic mass is 16.2. The molecule has 5 rings (SSSR count). The molecule has 1 aliphatic rings. The van der Waals surface area contributed by atoms with E-state index < -0.39 is 6.04 Å². The van der Waals surface area contributed by atoms with Gasteiger partial charge >= 0.3 is 0 Å². The minimum Gasteiger partial charge on any atom is -0.399 e. The largest absolute Gasteiger partial charge is 0.399 e. The van der Waals surface area contributed by atoms with Crippen LogP contribution < -0.4 is 27.8 Å². The molecule has 0 radical (unpaired) electrons. The number of aliphatic imine (C=N–C) groups is 1. The molecule has 44 heavy (non-hydrogen) atoms. The van der Waals surface area contributed by atoms with Gasteiger partial charge in [0.15, 0.2) is 5.96 Å². The number of carbonyl (C=O) groups excluding carboxylic acids is 2. The van der Waals surface area contributed by atoms with Crippen molar-refractivity contribution < 1.29 is 9.59 Å². The Morgan fingerprint density at radius 3 is 2.27 bits per heavy atom. The lowest BCUT2D eigenvalue weighted by molar-refractivity contribution is -0.133. The number of nitrogens with two attached hydrogens (primary N) is 3.